The standard InChI is InChI=1S/C21H22N4O6S/c1-4-23(5-2)32(30,31)20-11-16(25(28)29)7-8-18(20)24-13-15(12-22-24)21(27)17-10-14(3)6-9-19(17)26/h6-13,26H,4-5H2,1-3H3. The number of aryl methyl sites for hydroxylation is 1. The van der Waals surface area contributed by atoms with Gasteiger partial charge in [0.25, 0.3) is 5.69 Å². The molecule has 0 aliphatic heterocycles. The third-order valence-corrected chi connectivity index (χ3v) is 7.04. The molecule has 0 aliphatic rings. The Bertz CT molecular complexity index is 1300. The molecule has 1 aromatic heterocycles. The van der Waals surface area contributed by atoms with Gasteiger partial charge in [-0.15, -0.1) is 0 Å². The van der Waals surface area contributed by atoms with E-state index in [9.17, 15) is 28.4 Å². The van der Waals surface area contributed by atoms with Crippen molar-refractivity contribution in [3.05, 3.63) is 75.6 Å². The van der Waals surface area contributed by atoms with E-state index in [2.05, 4.69) is 5.10 Å². The lowest BCUT2D eigenvalue weighted by molar-refractivity contribution is -0.385. The second kappa shape index (κ2) is 8.89. The number of phenols is 1. The van der Waals surface area contributed by atoms with Gasteiger partial charge in [-0.3, -0.25) is 14.9 Å². The van der Waals surface area contributed by atoms with Gasteiger partial charge >= 0.3 is 0 Å². The predicted octanol–water partition coefficient (Wildman–Crippen LogP) is 3.06. The Morgan fingerprint density at radius 3 is 2.50 bits per heavy atom. The number of carbonyl (C=O) groups is 1. The summed E-state index contributed by atoms with van der Waals surface area (Å²) < 4.78 is 28.7. The summed E-state index contributed by atoms with van der Waals surface area (Å²) in [6, 6.07) is 8.05. The van der Waals surface area contributed by atoms with Crippen LogP contribution in [0.3, 0.4) is 0 Å². The molecule has 1 heterocycles. The van der Waals surface area contributed by atoms with E-state index in [0.717, 1.165) is 11.6 Å². The van der Waals surface area contributed by atoms with Crippen molar-refractivity contribution in [3.63, 3.8) is 0 Å². The molecule has 0 saturated heterocycles. The largest absolute Gasteiger partial charge is 0.507 e. The SMILES string of the molecule is CCN(CC)S(=O)(=O)c1cc([N+](=O)[O-])ccc1-n1cc(C(=O)c2cc(C)ccc2O)cn1. The van der Waals surface area contributed by atoms with Gasteiger partial charge < -0.3 is 5.11 Å². The van der Waals surface area contributed by atoms with Gasteiger partial charge in [-0.25, -0.2) is 13.1 Å². The second-order valence-electron chi connectivity index (χ2n) is 7.02. The molecule has 0 saturated carbocycles. The number of nitro benzene ring substituents is 1. The van der Waals surface area contributed by atoms with E-state index in [1.165, 1.54) is 45.6 Å². The molecule has 0 radical (unpaired) electrons. The average molecular weight is 458 g/mol. The highest BCUT2D eigenvalue weighted by molar-refractivity contribution is 7.89. The smallest absolute Gasteiger partial charge is 0.270 e. The summed E-state index contributed by atoms with van der Waals surface area (Å²) in [5, 5.41) is 25.4. The molecule has 0 aliphatic carbocycles. The molecule has 11 heteroatoms. The minimum atomic E-state index is -4.07. The van der Waals surface area contributed by atoms with E-state index in [4.69, 9.17) is 0 Å². The zero-order chi connectivity index (χ0) is 23.6. The summed E-state index contributed by atoms with van der Waals surface area (Å²) in [4.78, 5) is 23.1. The Balaban J connectivity index is 2.13. The van der Waals surface area contributed by atoms with Crippen molar-refractivity contribution >= 4 is 21.5 Å². The monoisotopic (exact) mass is 458 g/mol. The molecular formula is C21H22N4O6S. The number of aromatic hydroxyl groups is 1. The molecular weight excluding hydrogens is 436 g/mol. The Labute approximate surface area is 184 Å². The van der Waals surface area contributed by atoms with Crippen molar-refractivity contribution in [1.29, 1.82) is 0 Å². The molecule has 0 spiro atoms. The highest BCUT2D eigenvalue weighted by Crippen LogP contribution is 2.29. The summed E-state index contributed by atoms with van der Waals surface area (Å²) in [5.74, 6) is -0.680. The number of nitrogens with zero attached hydrogens (tertiary/aromatic N) is 4. The van der Waals surface area contributed by atoms with Gasteiger partial charge in [-0.2, -0.15) is 9.40 Å². The fourth-order valence-electron chi connectivity index (χ4n) is 3.27. The van der Waals surface area contributed by atoms with Crippen LogP contribution < -0.4 is 0 Å². The first-order chi connectivity index (χ1) is 15.1. The van der Waals surface area contributed by atoms with Gasteiger partial charge in [0.2, 0.25) is 10.0 Å². The number of ketones is 1. The maximum Gasteiger partial charge on any atom is 0.270 e. The highest BCUT2D eigenvalue weighted by Gasteiger charge is 2.28. The highest BCUT2D eigenvalue weighted by atomic mass is 32.2. The van der Waals surface area contributed by atoms with Gasteiger partial charge in [0.1, 0.15) is 10.6 Å². The zero-order valence-electron chi connectivity index (χ0n) is 17.7. The fraction of sp³-hybridized carbons (Fsp3) is 0.238. The minimum Gasteiger partial charge on any atom is -0.507 e. The average Bonchev–Trinajstić information content (AvgIpc) is 3.25. The summed E-state index contributed by atoms with van der Waals surface area (Å²) in [7, 11) is -4.07. The third kappa shape index (κ3) is 4.25. The number of non-ortho nitro benzene ring substituents is 1. The van der Waals surface area contributed by atoms with Crippen LogP contribution in [0.4, 0.5) is 5.69 Å². The Hall–Kier alpha value is -3.57. The molecule has 0 amide bonds. The lowest BCUT2D eigenvalue weighted by atomic mass is 10.0. The van der Waals surface area contributed by atoms with Crippen LogP contribution in [0.25, 0.3) is 5.69 Å². The number of hydrogen-bond donors (Lipinski definition) is 1. The van der Waals surface area contributed by atoms with Crippen LogP contribution in [-0.4, -0.2) is 51.4 Å². The quantitative estimate of drug-likeness (QED) is 0.311. The summed E-state index contributed by atoms with van der Waals surface area (Å²) in [5.41, 5.74) is 0.670. The Morgan fingerprint density at radius 1 is 1.19 bits per heavy atom. The van der Waals surface area contributed by atoms with Crippen LogP contribution in [0.15, 0.2) is 53.7 Å². The van der Waals surface area contributed by atoms with Crippen molar-refractivity contribution in [1.82, 2.24) is 14.1 Å². The molecule has 3 aromatic rings. The first-order valence-electron chi connectivity index (χ1n) is 9.78. The van der Waals surface area contributed by atoms with E-state index < -0.39 is 20.7 Å². The van der Waals surface area contributed by atoms with Gasteiger partial charge in [-0.05, 0) is 25.1 Å². The van der Waals surface area contributed by atoms with Crippen molar-refractivity contribution in [3.8, 4) is 11.4 Å². The van der Waals surface area contributed by atoms with E-state index in [-0.39, 0.29) is 46.2 Å². The molecule has 3 rings (SSSR count). The molecule has 0 bridgehead atoms. The molecule has 10 nitrogen and oxygen atoms in total. The number of phenolic OH excluding ortho intramolecular Hbond substituents is 1. The van der Waals surface area contributed by atoms with Crippen LogP contribution in [0.5, 0.6) is 5.75 Å². The summed E-state index contributed by atoms with van der Waals surface area (Å²) in [6.07, 6.45) is 2.58. The molecule has 0 fully saturated rings. The summed E-state index contributed by atoms with van der Waals surface area (Å²) in [6.45, 7) is 5.46. The van der Waals surface area contributed by atoms with Crippen LogP contribution in [0.1, 0.15) is 35.3 Å². The molecule has 32 heavy (non-hydrogen) atoms. The number of sulfonamides is 1. The van der Waals surface area contributed by atoms with Gasteiger partial charge in [0.15, 0.2) is 5.78 Å². The molecule has 0 unspecified atom stereocenters. The topological polar surface area (TPSA) is 136 Å². The van der Waals surface area contributed by atoms with Gasteiger partial charge in [0, 0.05) is 31.4 Å². The number of hydrogen-bond acceptors (Lipinski definition) is 7. The van der Waals surface area contributed by atoms with Crippen molar-refractivity contribution in [2.75, 3.05) is 13.1 Å². The Kier molecular flexibility index (Phi) is 6.42. The van der Waals surface area contributed by atoms with Crippen molar-refractivity contribution < 1.29 is 23.2 Å². The van der Waals surface area contributed by atoms with E-state index in [1.807, 2.05) is 0 Å². The van der Waals surface area contributed by atoms with Crippen LogP contribution in [0.2, 0.25) is 0 Å². The predicted molar refractivity (Wildman–Crippen MR) is 117 cm³/mol. The maximum absolute atomic E-state index is 13.2. The number of nitro groups is 1. The number of benzene rings is 2. The Morgan fingerprint density at radius 2 is 1.88 bits per heavy atom. The first kappa shape index (κ1) is 23.1. The molecule has 1 N–H and O–H groups in total. The number of carbonyl (C=O) groups excluding carboxylic acids is 1. The zero-order valence-corrected chi connectivity index (χ0v) is 18.5. The molecule has 2 aromatic carbocycles. The normalized spacial score (nSPS) is 11.6. The fourth-order valence-corrected chi connectivity index (χ4v) is 4.93. The summed E-state index contributed by atoms with van der Waals surface area (Å²) >= 11 is 0. The van der Waals surface area contributed by atoms with Crippen LogP contribution in [-0.2, 0) is 10.0 Å². The van der Waals surface area contributed by atoms with Crippen LogP contribution in [0, 0.1) is 17.0 Å². The molecule has 168 valence electrons. The number of aromatic nitrogens is 2. The van der Waals surface area contributed by atoms with Crippen LogP contribution >= 0.6 is 0 Å². The molecule has 0 atom stereocenters. The maximum atomic E-state index is 13.2. The third-order valence-electron chi connectivity index (χ3n) is 4.97. The van der Waals surface area contributed by atoms with E-state index in [0.29, 0.717) is 0 Å². The van der Waals surface area contributed by atoms with E-state index >= 15 is 0 Å². The van der Waals surface area contributed by atoms with Gasteiger partial charge in [-0.1, -0.05) is 25.5 Å². The first-order valence-corrected chi connectivity index (χ1v) is 11.2. The minimum absolute atomic E-state index is 0.0648. The lowest BCUT2D eigenvalue weighted by Gasteiger charge is -2.20. The van der Waals surface area contributed by atoms with Gasteiger partial charge in [0.05, 0.1) is 27.9 Å². The lowest BCUT2D eigenvalue weighted by Crippen LogP contribution is -2.31. The van der Waals surface area contributed by atoms with E-state index in [1.54, 1.807) is 26.8 Å². The number of rotatable bonds is 8. The van der Waals surface area contributed by atoms with Crippen molar-refractivity contribution in [2.45, 2.75) is 25.7 Å². The van der Waals surface area contributed by atoms with Crippen molar-refractivity contribution in [2.24, 2.45) is 0 Å². The second-order valence-corrected chi connectivity index (χ2v) is 8.93.